The normalized spacial score (nSPS) is 27.8. The lowest BCUT2D eigenvalue weighted by Crippen LogP contribution is -2.69. The third-order valence-electron chi connectivity index (χ3n) is 3.74. The van der Waals surface area contributed by atoms with Gasteiger partial charge in [0, 0.05) is 31.4 Å². The van der Waals surface area contributed by atoms with Crippen LogP contribution in [0.25, 0.3) is 0 Å². The summed E-state index contributed by atoms with van der Waals surface area (Å²) in [6.45, 7) is 3.98. The molecule has 4 heteroatoms. The largest absolute Gasteiger partial charge is 0.329 e. The van der Waals surface area contributed by atoms with Gasteiger partial charge in [0.05, 0.1) is 0 Å². The van der Waals surface area contributed by atoms with E-state index in [1.54, 1.807) is 6.20 Å². The Kier molecular flexibility index (Phi) is 2.40. The highest BCUT2D eigenvalue weighted by atomic mass is 16.2. The lowest BCUT2D eigenvalue weighted by atomic mass is 9.87. The topological polar surface area (TPSA) is 36.4 Å². The van der Waals surface area contributed by atoms with Crippen molar-refractivity contribution in [2.45, 2.75) is 25.4 Å². The molecule has 2 bridgehead atoms. The van der Waals surface area contributed by atoms with E-state index >= 15 is 0 Å². The number of amides is 1. The average Bonchev–Trinajstić information content (AvgIpc) is 2.28. The molecule has 2 aliphatic rings. The first kappa shape index (κ1) is 10.7. The second kappa shape index (κ2) is 3.81. The Morgan fingerprint density at radius 3 is 2.76 bits per heavy atom. The van der Waals surface area contributed by atoms with Crippen LogP contribution < -0.4 is 0 Å². The summed E-state index contributed by atoms with van der Waals surface area (Å²) >= 11 is 0. The summed E-state index contributed by atoms with van der Waals surface area (Å²) in [6.07, 6.45) is 2.87. The monoisotopic (exact) mass is 231 g/mol. The first-order valence-corrected chi connectivity index (χ1v) is 6.09. The molecule has 17 heavy (non-hydrogen) atoms. The number of aromatic nitrogens is 1. The summed E-state index contributed by atoms with van der Waals surface area (Å²) in [5, 5.41) is 0. The predicted molar refractivity (Wildman–Crippen MR) is 64.8 cm³/mol. The summed E-state index contributed by atoms with van der Waals surface area (Å²) in [5.74, 6) is 0.100. The van der Waals surface area contributed by atoms with Gasteiger partial charge in [-0.1, -0.05) is 0 Å². The van der Waals surface area contributed by atoms with E-state index < -0.39 is 0 Å². The van der Waals surface area contributed by atoms with Crippen molar-refractivity contribution < 1.29 is 4.79 Å². The summed E-state index contributed by atoms with van der Waals surface area (Å²) in [7, 11) is 2.12. The summed E-state index contributed by atoms with van der Waals surface area (Å²) in [4.78, 5) is 20.8. The molecule has 0 spiro atoms. The molecule has 3 heterocycles. The zero-order chi connectivity index (χ0) is 12.0. The molecular weight excluding hydrogens is 214 g/mol. The molecule has 2 saturated heterocycles. The Balaban J connectivity index is 1.80. The molecule has 0 radical (unpaired) electrons. The second-order valence-electron chi connectivity index (χ2n) is 5.20. The van der Waals surface area contributed by atoms with Crippen LogP contribution in [0, 0.1) is 6.92 Å². The zero-order valence-corrected chi connectivity index (χ0v) is 10.3. The number of fused-ring (bicyclic) bond motifs is 2. The van der Waals surface area contributed by atoms with E-state index in [9.17, 15) is 4.79 Å². The Bertz CT molecular complexity index is 448. The molecule has 2 fully saturated rings. The van der Waals surface area contributed by atoms with Gasteiger partial charge in [0.15, 0.2) is 0 Å². The van der Waals surface area contributed by atoms with Crippen molar-refractivity contribution in [2.75, 3.05) is 20.1 Å². The SMILES string of the molecule is Cc1ccnc(C(=O)N2C3CC2CN(C)C3)c1. The maximum absolute atomic E-state index is 12.3. The van der Waals surface area contributed by atoms with Crippen LogP contribution in [0.3, 0.4) is 0 Å². The van der Waals surface area contributed by atoms with Gasteiger partial charge in [-0.25, -0.2) is 0 Å². The molecule has 0 saturated carbocycles. The van der Waals surface area contributed by atoms with E-state index in [0.717, 1.165) is 25.1 Å². The smallest absolute Gasteiger partial charge is 0.273 e. The van der Waals surface area contributed by atoms with Crippen LogP contribution in [0.1, 0.15) is 22.5 Å². The minimum absolute atomic E-state index is 0.100. The number of carbonyl (C=O) groups excluding carboxylic acids is 1. The fraction of sp³-hybridized carbons (Fsp3) is 0.538. The number of likely N-dealkylation sites (tertiary alicyclic amines) is 2. The van der Waals surface area contributed by atoms with Gasteiger partial charge in [-0.05, 0) is 38.1 Å². The number of hydrogen-bond donors (Lipinski definition) is 0. The maximum atomic E-state index is 12.3. The van der Waals surface area contributed by atoms with Crippen LogP contribution in [-0.4, -0.2) is 52.9 Å². The summed E-state index contributed by atoms with van der Waals surface area (Å²) < 4.78 is 0. The number of piperidine rings is 1. The lowest BCUT2D eigenvalue weighted by molar-refractivity contribution is -0.0400. The van der Waals surface area contributed by atoms with Crippen LogP contribution in [0.5, 0.6) is 0 Å². The fourth-order valence-electron chi connectivity index (χ4n) is 2.94. The van der Waals surface area contributed by atoms with Crippen molar-refractivity contribution in [2.24, 2.45) is 0 Å². The van der Waals surface area contributed by atoms with Crippen LogP contribution >= 0.6 is 0 Å². The molecule has 0 aromatic carbocycles. The molecule has 1 aromatic heterocycles. The van der Waals surface area contributed by atoms with Crippen molar-refractivity contribution in [3.8, 4) is 0 Å². The van der Waals surface area contributed by atoms with Gasteiger partial charge >= 0.3 is 0 Å². The molecule has 3 rings (SSSR count). The Morgan fingerprint density at radius 2 is 2.12 bits per heavy atom. The summed E-state index contributed by atoms with van der Waals surface area (Å²) in [5.41, 5.74) is 1.68. The van der Waals surface area contributed by atoms with Crippen LogP contribution in [0.2, 0.25) is 0 Å². The highest BCUT2D eigenvalue weighted by molar-refractivity contribution is 5.93. The Hall–Kier alpha value is -1.42. The number of piperazine rings is 1. The van der Waals surface area contributed by atoms with E-state index in [1.807, 2.05) is 24.0 Å². The van der Waals surface area contributed by atoms with Crippen molar-refractivity contribution in [1.29, 1.82) is 0 Å². The number of likely N-dealkylation sites (N-methyl/N-ethyl adjacent to an activating group) is 1. The third kappa shape index (κ3) is 1.72. The summed E-state index contributed by atoms with van der Waals surface area (Å²) in [6, 6.07) is 4.59. The van der Waals surface area contributed by atoms with E-state index in [2.05, 4.69) is 16.9 Å². The van der Waals surface area contributed by atoms with Crippen molar-refractivity contribution in [1.82, 2.24) is 14.8 Å². The van der Waals surface area contributed by atoms with E-state index in [1.165, 1.54) is 0 Å². The van der Waals surface area contributed by atoms with Crippen LogP contribution in [0.15, 0.2) is 18.3 Å². The zero-order valence-electron chi connectivity index (χ0n) is 10.3. The first-order valence-electron chi connectivity index (χ1n) is 6.09. The minimum Gasteiger partial charge on any atom is -0.329 e. The minimum atomic E-state index is 0.100. The quantitative estimate of drug-likeness (QED) is 0.721. The molecule has 1 aromatic rings. The van der Waals surface area contributed by atoms with Crippen molar-refractivity contribution >= 4 is 5.91 Å². The maximum Gasteiger partial charge on any atom is 0.273 e. The lowest BCUT2D eigenvalue weighted by Gasteiger charge is -2.55. The first-order chi connectivity index (χ1) is 8.15. The van der Waals surface area contributed by atoms with Crippen LogP contribution in [-0.2, 0) is 0 Å². The molecule has 2 unspecified atom stereocenters. The van der Waals surface area contributed by atoms with Gasteiger partial charge in [0.25, 0.3) is 5.91 Å². The Labute approximate surface area is 101 Å². The number of carbonyl (C=O) groups is 1. The highest BCUT2D eigenvalue weighted by Crippen LogP contribution is 2.32. The number of pyridine rings is 1. The standard InChI is InChI=1S/C13H17N3O/c1-9-3-4-14-12(5-9)13(17)16-10-6-11(16)8-15(2)7-10/h3-5,10-11H,6-8H2,1-2H3. The number of nitrogens with zero attached hydrogens (tertiary/aromatic N) is 3. The molecule has 2 atom stereocenters. The van der Waals surface area contributed by atoms with E-state index in [4.69, 9.17) is 0 Å². The van der Waals surface area contributed by atoms with E-state index in [0.29, 0.717) is 17.8 Å². The van der Waals surface area contributed by atoms with Gasteiger partial charge in [-0.2, -0.15) is 0 Å². The molecule has 2 aliphatic heterocycles. The highest BCUT2D eigenvalue weighted by Gasteiger charge is 2.46. The third-order valence-corrected chi connectivity index (χ3v) is 3.74. The molecule has 0 N–H and O–H groups in total. The van der Waals surface area contributed by atoms with Gasteiger partial charge in [-0.15, -0.1) is 0 Å². The second-order valence-corrected chi connectivity index (χ2v) is 5.20. The van der Waals surface area contributed by atoms with Gasteiger partial charge < -0.3 is 9.80 Å². The Morgan fingerprint density at radius 1 is 1.41 bits per heavy atom. The number of hydrogen-bond acceptors (Lipinski definition) is 3. The molecule has 0 aliphatic carbocycles. The average molecular weight is 231 g/mol. The molecule has 90 valence electrons. The van der Waals surface area contributed by atoms with E-state index in [-0.39, 0.29) is 5.91 Å². The molecule has 1 amide bonds. The molecular formula is C13H17N3O. The van der Waals surface area contributed by atoms with Crippen molar-refractivity contribution in [3.63, 3.8) is 0 Å². The fourth-order valence-corrected chi connectivity index (χ4v) is 2.94. The van der Waals surface area contributed by atoms with Crippen LogP contribution in [0.4, 0.5) is 0 Å². The molecule has 4 nitrogen and oxygen atoms in total. The van der Waals surface area contributed by atoms with Crippen molar-refractivity contribution in [3.05, 3.63) is 29.6 Å². The predicted octanol–water partition coefficient (Wildman–Crippen LogP) is 0.919. The van der Waals surface area contributed by atoms with Gasteiger partial charge in [0.2, 0.25) is 0 Å². The van der Waals surface area contributed by atoms with Gasteiger partial charge in [-0.3, -0.25) is 9.78 Å². The van der Waals surface area contributed by atoms with Gasteiger partial charge in [0.1, 0.15) is 5.69 Å². The number of aryl methyl sites for hydroxylation is 1. The number of rotatable bonds is 1.